The Kier molecular flexibility index (Phi) is 8.84. The smallest absolute Gasteiger partial charge is 0.310 e. The van der Waals surface area contributed by atoms with Crippen LogP contribution in [0.25, 0.3) is 0 Å². The molecule has 0 saturated carbocycles. The minimum Gasteiger partial charge on any atom is -0.493 e. The molecule has 0 aliphatic carbocycles. The summed E-state index contributed by atoms with van der Waals surface area (Å²) < 4.78 is 15.8. The van der Waals surface area contributed by atoms with Crippen LogP contribution in [0.2, 0.25) is 0 Å². The molecule has 1 unspecified atom stereocenters. The van der Waals surface area contributed by atoms with Crippen LogP contribution in [-0.2, 0) is 19.1 Å². The summed E-state index contributed by atoms with van der Waals surface area (Å²) in [4.78, 5) is 51.4. The van der Waals surface area contributed by atoms with Crippen molar-refractivity contribution in [3.05, 3.63) is 23.8 Å². The normalized spacial score (nSPS) is 15.7. The summed E-state index contributed by atoms with van der Waals surface area (Å²) in [6.45, 7) is 3.95. The van der Waals surface area contributed by atoms with Crippen molar-refractivity contribution in [3.8, 4) is 11.5 Å². The first-order valence-electron chi connectivity index (χ1n) is 10.3. The Morgan fingerprint density at radius 1 is 1.19 bits per heavy atom. The molecule has 0 N–H and O–H groups in total. The van der Waals surface area contributed by atoms with Gasteiger partial charge in [0.05, 0.1) is 26.2 Å². The molecule has 1 fully saturated rings. The Morgan fingerprint density at radius 2 is 1.94 bits per heavy atom. The summed E-state index contributed by atoms with van der Waals surface area (Å²) in [5.41, 5.74) is 0.473. The van der Waals surface area contributed by atoms with Gasteiger partial charge < -0.3 is 24.0 Å². The van der Waals surface area contributed by atoms with Gasteiger partial charge in [0, 0.05) is 25.7 Å². The Hall–Kier alpha value is -3.10. The third-order valence-electron chi connectivity index (χ3n) is 5.11. The minimum atomic E-state index is -0.384. The molecule has 0 spiro atoms. The number of ether oxygens (including phenoxy) is 3. The molecule has 2 rings (SSSR count). The van der Waals surface area contributed by atoms with E-state index in [-0.39, 0.29) is 42.6 Å². The molecule has 2 amide bonds. The van der Waals surface area contributed by atoms with Crippen molar-refractivity contribution < 1.29 is 33.4 Å². The molecule has 1 atom stereocenters. The Labute approximate surface area is 182 Å². The average molecular weight is 434 g/mol. The van der Waals surface area contributed by atoms with Crippen molar-refractivity contribution in [1.82, 2.24) is 9.80 Å². The van der Waals surface area contributed by atoms with E-state index in [1.807, 2.05) is 0 Å². The summed E-state index contributed by atoms with van der Waals surface area (Å²) in [7, 11) is 2.97. The van der Waals surface area contributed by atoms with Crippen molar-refractivity contribution in [2.75, 3.05) is 47.0 Å². The molecule has 0 bridgehead atoms. The Balaban J connectivity index is 1.88. The highest BCUT2D eigenvalue weighted by molar-refractivity contribution is 5.94. The van der Waals surface area contributed by atoms with E-state index >= 15 is 0 Å². The molecule has 9 heteroatoms. The third-order valence-corrected chi connectivity index (χ3v) is 5.11. The fourth-order valence-corrected chi connectivity index (χ4v) is 3.30. The van der Waals surface area contributed by atoms with Crippen LogP contribution in [0.5, 0.6) is 11.5 Å². The number of carbonyl (C=O) groups is 4. The Morgan fingerprint density at radius 3 is 2.58 bits per heavy atom. The van der Waals surface area contributed by atoms with Gasteiger partial charge in [-0.15, -0.1) is 0 Å². The van der Waals surface area contributed by atoms with Gasteiger partial charge in [-0.2, -0.15) is 0 Å². The number of amides is 2. The van der Waals surface area contributed by atoms with E-state index in [4.69, 9.17) is 14.2 Å². The number of piperidine rings is 1. The molecule has 31 heavy (non-hydrogen) atoms. The Bertz CT molecular complexity index is 824. The van der Waals surface area contributed by atoms with Gasteiger partial charge in [0.15, 0.2) is 23.9 Å². The SMILES string of the molecule is CCOC(=O)C1CCCN(C(=O)CN(C)C(=O)COc2ccc(C(C)=O)cc2OC)C1. The van der Waals surface area contributed by atoms with Gasteiger partial charge >= 0.3 is 5.97 Å². The van der Waals surface area contributed by atoms with E-state index in [0.717, 1.165) is 0 Å². The van der Waals surface area contributed by atoms with Crippen molar-refractivity contribution >= 4 is 23.6 Å². The van der Waals surface area contributed by atoms with Gasteiger partial charge in [-0.25, -0.2) is 0 Å². The quantitative estimate of drug-likeness (QED) is 0.429. The molecule has 1 aliphatic heterocycles. The number of ketones is 1. The number of Topliss-reactive ketones (excluding diaryl/α,β-unsaturated/α-hetero) is 1. The van der Waals surface area contributed by atoms with E-state index < -0.39 is 0 Å². The van der Waals surface area contributed by atoms with Crippen LogP contribution in [0.15, 0.2) is 18.2 Å². The number of hydrogen-bond donors (Lipinski definition) is 0. The maximum Gasteiger partial charge on any atom is 0.310 e. The van der Waals surface area contributed by atoms with Crippen LogP contribution >= 0.6 is 0 Å². The molecule has 1 aromatic rings. The van der Waals surface area contributed by atoms with E-state index in [9.17, 15) is 19.2 Å². The second kappa shape index (κ2) is 11.3. The molecule has 9 nitrogen and oxygen atoms in total. The summed E-state index contributed by atoms with van der Waals surface area (Å²) in [5, 5.41) is 0. The van der Waals surface area contributed by atoms with Crippen LogP contribution in [0.3, 0.4) is 0 Å². The molecule has 0 aromatic heterocycles. The number of hydrogen-bond acceptors (Lipinski definition) is 7. The predicted octanol–water partition coefficient (Wildman–Crippen LogP) is 1.54. The van der Waals surface area contributed by atoms with E-state index in [1.54, 1.807) is 30.0 Å². The first kappa shape index (κ1) is 24.2. The number of rotatable bonds is 9. The van der Waals surface area contributed by atoms with Gasteiger partial charge in [-0.1, -0.05) is 0 Å². The first-order valence-corrected chi connectivity index (χ1v) is 10.3. The molecule has 1 aliphatic rings. The standard InChI is InChI=1S/C22H30N2O7/c1-5-30-22(28)17-7-6-10-24(12-17)20(26)13-23(3)21(27)14-31-18-9-8-16(15(2)25)11-19(18)29-4/h8-9,11,17H,5-7,10,12-14H2,1-4H3. The van der Waals surface area contributed by atoms with Gasteiger partial charge in [-0.05, 0) is 44.9 Å². The maximum atomic E-state index is 12.6. The first-order chi connectivity index (χ1) is 14.8. The number of likely N-dealkylation sites (N-methyl/N-ethyl adjacent to an activating group) is 1. The zero-order valence-electron chi connectivity index (χ0n) is 18.5. The van der Waals surface area contributed by atoms with Crippen molar-refractivity contribution in [3.63, 3.8) is 0 Å². The van der Waals surface area contributed by atoms with E-state index in [1.165, 1.54) is 26.0 Å². The molecule has 170 valence electrons. The van der Waals surface area contributed by atoms with Crippen LogP contribution in [0.1, 0.15) is 37.0 Å². The largest absolute Gasteiger partial charge is 0.493 e. The zero-order valence-corrected chi connectivity index (χ0v) is 18.5. The topological polar surface area (TPSA) is 102 Å². The number of esters is 1. The lowest BCUT2D eigenvalue weighted by molar-refractivity contribution is -0.152. The van der Waals surface area contributed by atoms with E-state index in [0.29, 0.717) is 49.6 Å². The summed E-state index contributed by atoms with van der Waals surface area (Å²) in [6.07, 6.45) is 1.40. The number of methoxy groups -OCH3 is 1. The maximum absolute atomic E-state index is 12.6. The zero-order chi connectivity index (χ0) is 23.0. The van der Waals surface area contributed by atoms with Crippen LogP contribution in [0.4, 0.5) is 0 Å². The van der Waals surface area contributed by atoms with Gasteiger partial charge in [-0.3, -0.25) is 19.2 Å². The highest BCUT2D eigenvalue weighted by atomic mass is 16.5. The fraction of sp³-hybridized carbons (Fsp3) is 0.545. The number of nitrogens with zero attached hydrogens (tertiary/aromatic N) is 2. The molecule has 1 aromatic carbocycles. The molecular weight excluding hydrogens is 404 g/mol. The molecular formula is C22H30N2O7. The fourth-order valence-electron chi connectivity index (χ4n) is 3.30. The summed E-state index contributed by atoms with van der Waals surface area (Å²) in [5.74, 6) is -0.665. The number of benzene rings is 1. The lowest BCUT2D eigenvalue weighted by Gasteiger charge is -2.32. The average Bonchev–Trinajstić information content (AvgIpc) is 2.77. The highest BCUT2D eigenvalue weighted by Crippen LogP contribution is 2.28. The van der Waals surface area contributed by atoms with Crippen LogP contribution in [0, 0.1) is 5.92 Å². The van der Waals surface area contributed by atoms with Gasteiger partial charge in [0.25, 0.3) is 5.91 Å². The summed E-state index contributed by atoms with van der Waals surface area (Å²) >= 11 is 0. The van der Waals surface area contributed by atoms with Crippen molar-refractivity contribution in [2.45, 2.75) is 26.7 Å². The van der Waals surface area contributed by atoms with E-state index in [2.05, 4.69) is 0 Å². The second-order valence-corrected chi connectivity index (χ2v) is 7.39. The van der Waals surface area contributed by atoms with Crippen LogP contribution < -0.4 is 9.47 Å². The molecule has 1 heterocycles. The van der Waals surface area contributed by atoms with Crippen molar-refractivity contribution in [2.24, 2.45) is 5.92 Å². The minimum absolute atomic E-state index is 0.109. The number of carbonyl (C=O) groups excluding carboxylic acids is 4. The molecule has 0 radical (unpaired) electrons. The molecule has 1 saturated heterocycles. The summed E-state index contributed by atoms with van der Waals surface area (Å²) in [6, 6.07) is 4.71. The third kappa shape index (κ3) is 6.70. The highest BCUT2D eigenvalue weighted by Gasteiger charge is 2.30. The van der Waals surface area contributed by atoms with Gasteiger partial charge in [0.2, 0.25) is 5.91 Å². The number of likely N-dealkylation sites (tertiary alicyclic amines) is 1. The lowest BCUT2D eigenvalue weighted by atomic mass is 9.98. The van der Waals surface area contributed by atoms with Crippen molar-refractivity contribution in [1.29, 1.82) is 0 Å². The second-order valence-electron chi connectivity index (χ2n) is 7.39. The monoisotopic (exact) mass is 434 g/mol. The predicted molar refractivity (Wildman–Crippen MR) is 112 cm³/mol. The van der Waals surface area contributed by atoms with Crippen LogP contribution in [-0.4, -0.2) is 80.4 Å². The van der Waals surface area contributed by atoms with Gasteiger partial charge in [0.1, 0.15) is 0 Å². The lowest BCUT2D eigenvalue weighted by Crippen LogP contribution is -2.47.